The Hall–Kier alpha value is -2.09. The molecule has 0 saturated heterocycles. The molecule has 0 unspecified atom stereocenters. The van der Waals surface area contributed by atoms with Crippen molar-refractivity contribution in [1.29, 1.82) is 0 Å². The van der Waals surface area contributed by atoms with E-state index in [1.54, 1.807) is 0 Å². The molecule has 0 heterocycles. The zero-order chi connectivity index (χ0) is 15.8. The second kappa shape index (κ2) is 5.36. The van der Waals surface area contributed by atoms with Crippen LogP contribution in [0.2, 0.25) is 0 Å². The fourth-order valence-corrected chi connectivity index (χ4v) is 2.04. The number of rotatable bonds is 4. The van der Waals surface area contributed by atoms with Gasteiger partial charge in [-0.1, -0.05) is 0 Å². The molecule has 1 aromatic carbocycles. The van der Waals surface area contributed by atoms with E-state index in [9.17, 15) is 22.8 Å². The van der Waals surface area contributed by atoms with Crippen LogP contribution in [0.4, 0.5) is 18.9 Å². The zero-order valence-corrected chi connectivity index (χ0v) is 10.8. The molecule has 4 N–H and O–H groups in total. The molecule has 2 rings (SSSR count). The quantitative estimate of drug-likeness (QED) is 0.791. The summed E-state index contributed by atoms with van der Waals surface area (Å²) >= 11 is 0. The Kier molecular flexibility index (Phi) is 3.91. The van der Waals surface area contributed by atoms with Gasteiger partial charge in [-0.25, -0.2) is 0 Å². The van der Waals surface area contributed by atoms with E-state index < -0.39 is 35.5 Å². The first-order chi connectivity index (χ1) is 9.72. The first-order valence-corrected chi connectivity index (χ1v) is 6.17. The van der Waals surface area contributed by atoms with Crippen molar-refractivity contribution >= 4 is 17.6 Å². The third-order valence-corrected chi connectivity index (χ3v) is 3.27. The van der Waals surface area contributed by atoms with Crippen LogP contribution in [0.15, 0.2) is 18.2 Å². The lowest BCUT2D eigenvalue weighted by atomic mass is 10.1. The summed E-state index contributed by atoms with van der Waals surface area (Å²) in [5.74, 6) is -3.13. The van der Waals surface area contributed by atoms with Gasteiger partial charge in [-0.05, 0) is 30.2 Å². The molecule has 114 valence electrons. The van der Waals surface area contributed by atoms with Gasteiger partial charge in [-0.15, -0.1) is 0 Å². The molecule has 0 bridgehead atoms. The summed E-state index contributed by atoms with van der Waals surface area (Å²) in [6.45, 7) is -0.103. The average molecular weight is 302 g/mol. The highest BCUT2D eigenvalue weighted by Gasteiger charge is 2.48. The monoisotopic (exact) mass is 302 g/mol. The van der Waals surface area contributed by atoms with Crippen LogP contribution >= 0.6 is 0 Å². The third-order valence-electron chi connectivity index (χ3n) is 3.27. The number of hydrogen-bond acceptors (Lipinski definition) is 3. The summed E-state index contributed by atoms with van der Waals surface area (Å²) in [5.41, 5.74) is 4.62. The van der Waals surface area contributed by atoms with Gasteiger partial charge in [-0.3, -0.25) is 9.59 Å². The highest BCUT2D eigenvalue weighted by Crippen LogP contribution is 2.40. The highest BCUT2D eigenvalue weighted by atomic mass is 19.4. The molecule has 1 aliphatic carbocycles. The SMILES string of the molecule is NCc1cc(NC(=O)[C@@H]2C[C@H]2C(=O)O)cc(C(F)(F)F)c1. The van der Waals surface area contributed by atoms with Gasteiger partial charge in [0, 0.05) is 12.2 Å². The number of anilines is 1. The van der Waals surface area contributed by atoms with Crippen molar-refractivity contribution in [3.8, 4) is 0 Å². The van der Waals surface area contributed by atoms with Crippen LogP contribution in [0.1, 0.15) is 17.5 Å². The number of benzene rings is 1. The smallest absolute Gasteiger partial charge is 0.416 e. The number of carboxylic acid groups (broad SMARTS) is 1. The molecule has 1 aromatic rings. The minimum atomic E-state index is -4.55. The van der Waals surface area contributed by atoms with Crippen molar-refractivity contribution in [3.63, 3.8) is 0 Å². The maximum atomic E-state index is 12.7. The van der Waals surface area contributed by atoms with E-state index in [0.717, 1.165) is 12.1 Å². The molecular formula is C13H13F3N2O3. The summed E-state index contributed by atoms with van der Waals surface area (Å²) in [6, 6.07) is 3.05. The number of alkyl halides is 3. The lowest BCUT2D eigenvalue weighted by Crippen LogP contribution is -2.18. The molecule has 2 atom stereocenters. The second-order valence-electron chi connectivity index (χ2n) is 4.90. The van der Waals surface area contributed by atoms with E-state index in [2.05, 4.69) is 5.32 Å². The number of carbonyl (C=O) groups is 2. The molecular weight excluding hydrogens is 289 g/mol. The molecule has 0 aliphatic heterocycles. The summed E-state index contributed by atoms with van der Waals surface area (Å²) in [7, 11) is 0. The lowest BCUT2D eigenvalue weighted by molar-refractivity contribution is -0.139. The van der Waals surface area contributed by atoms with Gasteiger partial charge in [0.2, 0.25) is 5.91 Å². The van der Waals surface area contributed by atoms with E-state index in [-0.39, 0.29) is 24.2 Å². The number of halogens is 3. The maximum absolute atomic E-state index is 12.7. The predicted molar refractivity (Wildman–Crippen MR) is 67.2 cm³/mol. The van der Waals surface area contributed by atoms with Crippen molar-refractivity contribution in [1.82, 2.24) is 0 Å². The second-order valence-corrected chi connectivity index (χ2v) is 4.90. The number of hydrogen-bond donors (Lipinski definition) is 3. The fourth-order valence-electron chi connectivity index (χ4n) is 2.04. The van der Waals surface area contributed by atoms with E-state index in [1.165, 1.54) is 6.07 Å². The number of aliphatic carboxylic acids is 1. The standard InChI is InChI=1S/C13H13F3N2O3/c14-13(15,16)7-1-6(5-17)2-8(3-7)18-11(19)9-4-10(9)12(20)21/h1-3,9-10H,4-5,17H2,(H,18,19)(H,20,21)/t9-,10-/m1/s1. The van der Waals surface area contributed by atoms with E-state index in [0.29, 0.717) is 0 Å². The number of amides is 1. The van der Waals surface area contributed by atoms with Gasteiger partial charge in [0.15, 0.2) is 0 Å². The van der Waals surface area contributed by atoms with Crippen LogP contribution in [0.3, 0.4) is 0 Å². The molecule has 1 fully saturated rings. The lowest BCUT2D eigenvalue weighted by Gasteiger charge is -2.12. The fraction of sp³-hybridized carbons (Fsp3) is 0.385. The largest absolute Gasteiger partial charge is 0.481 e. The summed E-state index contributed by atoms with van der Waals surface area (Å²) in [5, 5.41) is 11.0. The maximum Gasteiger partial charge on any atom is 0.416 e. The average Bonchev–Trinajstić information content (AvgIpc) is 3.17. The summed E-state index contributed by atoms with van der Waals surface area (Å²) in [4.78, 5) is 22.4. The van der Waals surface area contributed by atoms with Crippen LogP contribution in [-0.2, 0) is 22.3 Å². The van der Waals surface area contributed by atoms with Gasteiger partial charge in [0.05, 0.1) is 17.4 Å². The number of nitrogens with two attached hydrogens (primary N) is 1. The van der Waals surface area contributed by atoms with Crippen LogP contribution in [0.25, 0.3) is 0 Å². The Labute approximate surface area is 117 Å². The van der Waals surface area contributed by atoms with Gasteiger partial charge in [0.1, 0.15) is 0 Å². The molecule has 1 aliphatic rings. The van der Waals surface area contributed by atoms with Crippen molar-refractivity contribution in [2.75, 3.05) is 5.32 Å². The Bertz CT molecular complexity index is 587. The molecule has 1 saturated carbocycles. The van der Waals surface area contributed by atoms with Gasteiger partial charge < -0.3 is 16.2 Å². The van der Waals surface area contributed by atoms with Crippen LogP contribution in [0.5, 0.6) is 0 Å². The summed E-state index contributed by atoms with van der Waals surface area (Å²) in [6.07, 6.45) is -4.35. The number of carboxylic acids is 1. The van der Waals surface area contributed by atoms with Crippen molar-refractivity contribution in [2.45, 2.75) is 19.1 Å². The van der Waals surface area contributed by atoms with Crippen molar-refractivity contribution in [2.24, 2.45) is 17.6 Å². The Morgan fingerprint density at radius 1 is 1.29 bits per heavy atom. The van der Waals surface area contributed by atoms with Gasteiger partial charge in [-0.2, -0.15) is 13.2 Å². The first-order valence-electron chi connectivity index (χ1n) is 6.17. The Morgan fingerprint density at radius 2 is 1.95 bits per heavy atom. The molecule has 0 aromatic heterocycles. The minimum absolute atomic E-state index is 0.0358. The minimum Gasteiger partial charge on any atom is -0.481 e. The highest BCUT2D eigenvalue weighted by molar-refractivity contribution is 5.98. The van der Waals surface area contributed by atoms with Crippen LogP contribution in [0, 0.1) is 11.8 Å². The molecule has 21 heavy (non-hydrogen) atoms. The summed E-state index contributed by atoms with van der Waals surface area (Å²) < 4.78 is 38.2. The number of carbonyl (C=O) groups excluding carboxylic acids is 1. The topological polar surface area (TPSA) is 92.4 Å². The van der Waals surface area contributed by atoms with Gasteiger partial charge in [0.25, 0.3) is 0 Å². The Morgan fingerprint density at radius 3 is 2.43 bits per heavy atom. The predicted octanol–water partition coefficient (Wildman–Crippen LogP) is 1.82. The molecule has 0 spiro atoms. The molecule has 0 radical (unpaired) electrons. The van der Waals surface area contributed by atoms with E-state index in [1.807, 2.05) is 0 Å². The molecule has 8 heteroatoms. The van der Waals surface area contributed by atoms with Crippen LogP contribution < -0.4 is 11.1 Å². The Balaban J connectivity index is 2.16. The van der Waals surface area contributed by atoms with E-state index >= 15 is 0 Å². The molecule has 1 amide bonds. The van der Waals surface area contributed by atoms with Crippen LogP contribution in [-0.4, -0.2) is 17.0 Å². The van der Waals surface area contributed by atoms with Crippen molar-refractivity contribution in [3.05, 3.63) is 29.3 Å². The van der Waals surface area contributed by atoms with E-state index in [4.69, 9.17) is 10.8 Å². The third kappa shape index (κ3) is 3.52. The van der Waals surface area contributed by atoms with Gasteiger partial charge >= 0.3 is 12.1 Å². The normalized spacial score (nSPS) is 21.0. The molecule has 5 nitrogen and oxygen atoms in total. The zero-order valence-electron chi connectivity index (χ0n) is 10.8. The first kappa shape index (κ1) is 15.3. The number of nitrogens with one attached hydrogen (secondary N) is 1. The van der Waals surface area contributed by atoms with Crippen molar-refractivity contribution < 1.29 is 27.9 Å².